The number of hydrogen-bond donors (Lipinski definition) is 2. The summed E-state index contributed by atoms with van der Waals surface area (Å²) in [7, 11) is 0. The topological polar surface area (TPSA) is 49.3 Å². The molecule has 0 aliphatic rings. The van der Waals surface area contributed by atoms with Gasteiger partial charge in [-0.1, -0.05) is 18.5 Å². The van der Waals surface area contributed by atoms with Crippen LogP contribution in [0, 0.1) is 5.92 Å². The molecule has 1 aromatic carbocycles. The summed E-state index contributed by atoms with van der Waals surface area (Å²) in [4.78, 5) is 11.9. The van der Waals surface area contributed by atoms with Crippen molar-refractivity contribution in [1.82, 2.24) is 5.32 Å². The van der Waals surface area contributed by atoms with Crippen molar-refractivity contribution < 1.29 is 9.90 Å². The standard InChI is InChI=1S/C12H15BrClNO2/c1-7(6-16)8(2)15-12(17)10-4-3-9(14)5-11(10)13/h3-5,7-8,16H,6H2,1-2H3,(H,15,17). The number of carbonyl (C=O) groups is 1. The van der Waals surface area contributed by atoms with Crippen molar-refractivity contribution in [3.8, 4) is 0 Å². The van der Waals surface area contributed by atoms with Gasteiger partial charge >= 0.3 is 0 Å². The van der Waals surface area contributed by atoms with E-state index in [1.807, 2.05) is 13.8 Å². The molecule has 3 nitrogen and oxygen atoms in total. The van der Waals surface area contributed by atoms with Gasteiger partial charge in [-0.2, -0.15) is 0 Å². The predicted molar refractivity (Wildman–Crippen MR) is 72.3 cm³/mol. The molecule has 0 spiro atoms. The first kappa shape index (κ1) is 14.5. The second-order valence-corrected chi connectivity index (χ2v) is 5.34. The fourth-order valence-electron chi connectivity index (χ4n) is 1.26. The van der Waals surface area contributed by atoms with Crippen LogP contribution in [-0.2, 0) is 0 Å². The zero-order valence-electron chi connectivity index (χ0n) is 9.71. The molecule has 1 aromatic rings. The van der Waals surface area contributed by atoms with Gasteiger partial charge in [0, 0.05) is 22.1 Å². The van der Waals surface area contributed by atoms with Gasteiger partial charge in [0.05, 0.1) is 5.56 Å². The maximum Gasteiger partial charge on any atom is 0.252 e. The molecule has 1 rings (SSSR count). The number of aliphatic hydroxyl groups is 1. The lowest BCUT2D eigenvalue weighted by molar-refractivity contribution is 0.0915. The number of carbonyl (C=O) groups excluding carboxylic acids is 1. The van der Waals surface area contributed by atoms with Crippen LogP contribution in [0.15, 0.2) is 22.7 Å². The Hall–Kier alpha value is -0.580. The number of hydrogen-bond acceptors (Lipinski definition) is 2. The van der Waals surface area contributed by atoms with E-state index in [1.165, 1.54) is 0 Å². The van der Waals surface area contributed by atoms with Gasteiger partial charge in [0.1, 0.15) is 0 Å². The van der Waals surface area contributed by atoms with Crippen LogP contribution in [0.25, 0.3) is 0 Å². The average molecular weight is 321 g/mol. The Morgan fingerprint density at radius 2 is 2.18 bits per heavy atom. The number of amides is 1. The van der Waals surface area contributed by atoms with E-state index in [0.717, 1.165) is 0 Å². The Morgan fingerprint density at radius 3 is 2.71 bits per heavy atom. The third-order valence-corrected chi connectivity index (χ3v) is 3.57. The first-order chi connectivity index (χ1) is 7.95. The summed E-state index contributed by atoms with van der Waals surface area (Å²) in [6.45, 7) is 3.79. The van der Waals surface area contributed by atoms with Crippen LogP contribution in [0.1, 0.15) is 24.2 Å². The van der Waals surface area contributed by atoms with E-state index in [1.54, 1.807) is 18.2 Å². The molecule has 2 unspecified atom stereocenters. The van der Waals surface area contributed by atoms with Crippen LogP contribution in [-0.4, -0.2) is 23.7 Å². The summed E-state index contributed by atoms with van der Waals surface area (Å²) >= 11 is 9.10. The molecule has 0 aliphatic carbocycles. The van der Waals surface area contributed by atoms with Crippen LogP contribution < -0.4 is 5.32 Å². The van der Waals surface area contributed by atoms with E-state index in [4.69, 9.17) is 16.7 Å². The van der Waals surface area contributed by atoms with Crippen LogP contribution in [0.4, 0.5) is 0 Å². The number of rotatable bonds is 4. The molecule has 0 bridgehead atoms. The highest BCUT2D eigenvalue weighted by molar-refractivity contribution is 9.10. The Labute approximate surface area is 114 Å². The Balaban J connectivity index is 2.76. The van der Waals surface area contributed by atoms with Gasteiger partial charge in [-0.3, -0.25) is 4.79 Å². The lowest BCUT2D eigenvalue weighted by Gasteiger charge is -2.19. The quantitative estimate of drug-likeness (QED) is 0.896. The third-order valence-electron chi connectivity index (χ3n) is 2.68. The van der Waals surface area contributed by atoms with Crippen LogP contribution >= 0.6 is 27.5 Å². The molecule has 0 saturated carbocycles. The SMILES string of the molecule is CC(CO)C(C)NC(=O)c1ccc(Cl)cc1Br. The van der Waals surface area contributed by atoms with E-state index >= 15 is 0 Å². The smallest absolute Gasteiger partial charge is 0.252 e. The molecule has 0 aromatic heterocycles. The van der Waals surface area contributed by atoms with Gasteiger partial charge in [0.25, 0.3) is 5.91 Å². The van der Waals surface area contributed by atoms with Crippen molar-refractivity contribution in [2.24, 2.45) is 5.92 Å². The Morgan fingerprint density at radius 1 is 1.53 bits per heavy atom. The van der Waals surface area contributed by atoms with Crippen LogP contribution in [0.3, 0.4) is 0 Å². The van der Waals surface area contributed by atoms with Gasteiger partial charge in [-0.15, -0.1) is 0 Å². The second kappa shape index (κ2) is 6.38. The Kier molecular flexibility index (Phi) is 5.43. The van der Waals surface area contributed by atoms with E-state index in [-0.39, 0.29) is 24.5 Å². The zero-order valence-corrected chi connectivity index (χ0v) is 12.0. The summed E-state index contributed by atoms with van der Waals surface area (Å²) in [6.07, 6.45) is 0. The fraction of sp³-hybridized carbons (Fsp3) is 0.417. The van der Waals surface area contributed by atoms with Crippen molar-refractivity contribution in [3.05, 3.63) is 33.3 Å². The van der Waals surface area contributed by atoms with Crippen molar-refractivity contribution in [3.63, 3.8) is 0 Å². The van der Waals surface area contributed by atoms with Gasteiger partial charge in [-0.25, -0.2) is 0 Å². The number of halogens is 2. The van der Waals surface area contributed by atoms with Crippen LogP contribution in [0.5, 0.6) is 0 Å². The lowest BCUT2D eigenvalue weighted by Crippen LogP contribution is -2.38. The highest BCUT2D eigenvalue weighted by Gasteiger charge is 2.16. The summed E-state index contributed by atoms with van der Waals surface area (Å²) < 4.78 is 0.659. The molecule has 0 aliphatic heterocycles. The molecule has 94 valence electrons. The molecule has 5 heteroatoms. The molecule has 0 radical (unpaired) electrons. The monoisotopic (exact) mass is 319 g/mol. The molecule has 0 heterocycles. The van der Waals surface area contributed by atoms with Gasteiger partial charge in [0.2, 0.25) is 0 Å². The highest BCUT2D eigenvalue weighted by Crippen LogP contribution is 2.21. The van der Waals surface area contributed by atoms with Gasteiger partial charge in [0.15, 0.2) is 0 Å². The molecule has 2 N–H and O–H groups in total. The summed E-state index contributed by atoms with van der Waals surface area (Å²) in [5.41, 5.74) is 0.534. The first-order valence-electron chi connectivity index (χ1n) is 5.32. The fourth-order valence-corrected chi connectivity index (χ4v) is 2.12. The molecular formula is C12H15BrClNO2. The molecule has 2 atom stereocenters. The van der Waals surface area contributed by atoms with Gasteiger partial charge < -0.3 is 10.4 Å². The minimum absolute atomic E-state index is 0.0185. The number of nitrogens with one attached hydrogen (secondary N) is 1. The molecular weight excluding hydrogens is 305 g/mol. The van der Waals surface area contributed by atoms with Crippen molar-refractivity contribution in [2.75, 3.05) is 6.61 Å². The summed E-state index contributed by atoms with van der Waals surface area (Å²) in [6, 6.07) is 4.92. The van der Waals surface area contributed by atoms with Crippen molar-refractivity contribution in [2.45, 2.75) is 19.9 Å². The third kappa shape index (κ3) is 3.98. The average Bonchev–Trinajstić information content (AvgIpc) is 2.27. The minimum atomic E-state index is -0.179. The summed E-state index contributed by atoms with van der Waals surface area (Å²) in [5.74, 6) is -0.161. The summed E-state index contributed by atoms with van der Waals surface area (Å²) in [5, 5.41) is 12.4. The maximum atomic E-state index is 11.9. The predicted octanol–water partition coefficient (Wildman–Crippen LogP) is 2.85. The van der Waals surface area contributed by atoms with Crippen LogP contribution in [0.2, 0.25) is 5.02 Å². The molecule has 1 amide bonds. The molecule has 17 heavy (non-hydrogen) atoms. The van der Waals surface area contributed by atoms with E-state index in [2.05, 4.69) is 21.2 Å². The molecule has 0 fully saturated rings. The van der Waals surface area contributed by atoms with Crippen molar-refractivity contribution >= 4 is 33.4 Å². The van der Waals surface area contributed by atoms with Crippen molar-refractivity contribution in [1.29, 1.82) is 0 Å². The minimum Gasteiger partial charge on any atom is -0.396 e. The zero-order chi connectivity index (χ0) is 13.0. The first-order valence-corrected chi connectivity index (χ1v) is 6.49. The van der Waals surface area contributed by atoms with E-state index in [0.29, 0.717) is 15.1 Å². The largest absolute Gasteiger partial charge is 0.396 e. The van der Waals surface area contributed by atoms with Gasteiger partial charge in [-0.05, 0) is 47.0 Å². The van der Waals surface area contributed by atoms with E-state index in [9.17, 15) is 4.79 Å². The number of benzene rings is 1. The normalized spacial score (nSPS) is 14.2. The Bertz CT molecular complexity index is 411. The van der Waals surface area contributed by atoms with E-state index < -0.39 is 0 Å². The maximum absolute atomic E-state index is 11.9. The lowest BCUT2D eigenvalue weighted by atomic mass is 10.0. The highest BCUT2D eigenvalue weighted by atomic mass is 79.9. The number of aliphatic hydroxyl groups excluding tert-OH is 1. The second-order valence-electron chi connectivity index (χ2n) is 4.05. The molecule has 0 saturated heterocycles.